The number of hydrogen-bond donors (Lipinski definition) is 0. The lowest BCUT2D eigenvalue weighted by Gasteiger charge is -2.14. The highest BCUT2D eigenvalue weighted by Crippen LogP contribution is 2.29. The van der Waals surface area contributed by atoms with Crippen LogP contribution in [-0.2, 0) is 11.5 Å². The second-order valence-corrected chi connectivity index (χ2v) is 10.7. The van der Waals surface area contributed by atoms with Gasteiger partial charge in [0.1, 0.15) is 11.5 Å². The molecule has 2 heterocycles. The molecule has 0 amide bonds. The lowest BCUT2D eigenvalue weighted by Crippen LogP contribution is -2.06. The van der Waals surface area contributed by atoms with Crippen LogP contribution in [0.25, 0.3) is 0 Å². The van der Waals surface area contributed by atoms with Crippen molar-refractivity contribution in [3.63, 3.8) is 0 Å². The molecule has 0 saturated heterocycles. The summed E-state index contributed by atoms with van der Waals surface area (Å²) in [6.45, 7) is 1.26. The molecule has 2 nitrogen and oxygen atoms in total. The molecular formula is C26H24O2S4. The van der Waals surface area contributed by atoms with Crippen LogP contribution in [0, 0.1) is 0 Å². The molecule has 6 heteroatoms. The van der Waals surface area contributed by atoms with Crippen molar-refractivity contribution in [3.8, 4) is 11.5 Å². The Morgan fingerprint density at radius 3 is 1.41 bits per heavy atom. The number of fused-ring (bicyclic) bond motifs is 11. The molecule has 2 aliphatic rings. The van der Waals surface area contributed by atoms with Crippen molar-refractivity contribution in [1.82, 2.24) is 0 Å². The average molecular weight is 497 g/mol. The molecule has 0 spiro atoms. The number of thioether (sulfide) groups is 2. The lowest BCUT2D eigenvalue weighted by atomic mass is 10.2. The molecule has 5 rings (SSSR count). The number of benzene rings is 3. The van der Waals surface area contributed by atoms with Crippen molar-refractivity contribution >= 4 is 56.4 Å². The van der Waals surface area contributed by atoms with Crippen molar-refractivity contribution in [2.24, 2.45) is 0 Å². The minimum atomic E-state index is 0.630. The van der Waals surface area contributed by atoms with Gasteiger partial charge in [-0.25, -0.2) is 0 Å². The van der Waals surface area contributed by atoms with Crippen molar-refractivity contribution in [2.45, 2.75) is 24.3 Å². The summed E-state index contributed by atoms with van der Waals surface area (Å²) in [5.74, 6) is 3.37. The van der Waals surface area contributed by atoms with Crippen LogP contribution in [0.15, 0.2) is 72.8 Å². The van der Waals surface area contributed by atoms with Crippen molar-refractivity contribution in [1.29, 1.82) is 0 Å². The van der Waals surface area contributed by atoms with E-state index >= 15 is 0 Å². The van der Waals surface area contributed by atoms with E-state index in [0.29, 0.717) is 13.2 Å². The third-order valence-corrected chi connectivity index (χ3v) is 8.10. The smallest absolute Gasteiger partial charge is 0.128 e. The van der Waals surface area contributed by atoms with Crippen LogP contribution in [-0.4, -0.2) is 21.6 Å². The molecule has 32 heavy (non-hydrogen) atoms. The predicted molar refractivity (Wildman–Crippen MR) is 146 cm³/mol. The molecule has 0 unspecified atom stereocenters. The molecule has 0 fully saturated rings. The van der Waals surface area contributed by atoms with E-state index in [4.69, 9.17) is 33.9 Å². The first-order chi connectivity index (χ1) is 15.7. The zero-order valence-electron chi connectivity index (χ0n) is 17.6. The molecule has 0 N–H and O–H groups in total. The van der Waals surface area contributed by atoms with Gasteiger partial charge in [-0.3, -0.25) is 0 Å². The fraction of sp³-hybridized carbons (Fsp3) is 0.231. The monoisotopic (exact) mass is 496 g/mol. The lowest BCUT2D eigenvalue weighted by molar-refractivity contribution is 0.266. The Labute approximate surface area is 209 Å². The molecule has 0 saturated carbocycles. The van der Waals surface area contributed by atoms with E-state index in [2.05, 4.69) is 24.3 Å². The first kappa shape index (κ1) is 23.3. The zero-order valence-corrected chi connectivity index (χ0v) is 20.9. The van der Waals surface area contributed by atoms with Gasteiger partial charge < -0.3 is 9.47 Å². The maximum absolute atomic E-state index is 6.07. The second-order valence-electron chi connectivity index (χ2n) is 7.37. The highest BCUT2D eigenvalue weighted by atomic mass is 32.2. The zero-order chi connectivity index (χ0) is 22.2. The summed E-state index contributed by atoms with van der Waals surface area (Å²) in [6, 6.07) is 24.8. The Kier molecular flexibility index (Phi) is 8.62. The first-order valence-electron chi connectivity index (χ1n) is 10.6. The van der Waals surface area contributed by atoms with Gasteiger partial charge in [-0.2, -0.15) is 0 Å². The normalized spacial score (nSPS) is 15.8. The van der Waals surface area contributed by atoms with E-state index in [1.807, 2.05) is 48.5 Å². The molecule has 3 aromatic rings. The molecule has 0 radical (unpaired) electrons. The maximum Gasteiger partial charge on any atom is 0.128 e. The summed E-state index contributed by atoms with van der Waals surface area (Å²) in [5.41, 5.74) is 4.49. The summed E-state index contributed by atoms with van der Waals surface area (Å²) in [6.07, 6.45) is 1.81. The van der Waals surface area contributed by atoms with Crippen LogP contribution >= 0.6 is 48.0 Å². The number of hydrogen-bond acceptors (Lipinski definition) is 6. The van der Waals surface area contributed by atoms with Crippen LogP contribution in [0.2, 0.25) is 0 Å². The Morgan fingerprint density at radius 1 is 0.562 bits per heavy atom. The molecular weight excluding hydrogens is 473 g/mol. The van der Waals surface area contributed by atoms with Crippen molar-refractivity contribution in [3.05, 3.63) is 95.1 Å². The number of rotatable bonds is 0. The molecule has 0 atom stereocenters. The highest BCUT2D eigenvalue weighted by molar-refractivity contribution is 8.23. The topological polar surface area (TPSA) is 18.5 Å². The number of thiocarbonyl (C=S) groups is 2. The van der Waals surface area contributed by atoms with Gasteiger partial charge in [-0.05, 0) is 48.2 Å². The van der Waals surface area contributed by atoms with E-state index in [9.17, 15) is 0 Å². The molecule has 3 aromatic carbocycles. The van der Waals surface area contributed by atoms with Crippen molar-refractivity contribution < 1.29 is 9.47 Å². The Morgan fingerprint density at radius 2 is 0.969 bits per heavy atom. The van der Waals surface area contributed by atoms with E-state index in [0.717, 1.165) is 55.4 Å². The standard InChI is InChI=1S/C26H24O2S4/c29-25-21-7-1-3-9-23(21)27-15-5-6-16-28-24-10-4-2-8-22(24)26(30)32-18-20-13-11-19(12-14-20)17-31-25/h1-4,7-14H,5-6,15-18H2. The predicted octanol–water partition coefficient (Wildman–Crippen LogP) is 7.46. The third-order valence-electron chi connectivity index (χ3n) is 5.03. The van der Waals surface area contributed by atoms with Gasteiger partial charge in [0.15, 0.2) is 0 Å². The maximum atomic E-state index is 6.07. The van der Waals surface area contributed by atoms with Crippen LogP contribution in [0.1, 0.15) is 35.1 Å². The van der Waals surface area contributed by atoms with E-state index in [1.54, 1.807) is 23.5 Å². The third kappa shape index (κ3) is 6.35. The molecule has 0 aliphatic carbocycles. The second kappa shape index (κ2) is 11.8. The Bertz CT molecular complexity index is 993. The van der Waals surface area contributed by atoms with E-state index < -0.39 is 0 Å². The Balaban J connectivity index is 1.53. The van der Waals surface area contributed by atoms with Crippen molar-refractivity contribution in [2.75, 3.05) is 13.2 Å². The summed E-state index contributed by atoms with van der Waals surface area (Å²) < 4.78 is 13.9. The fourth-order valence-electron chi connectivity index (χ4n) is 3.28. The van der Waals surface area contributed by atoms with Gasteiger partial charge in [-0.1, -0.05) is 73.0 Å². The quantitative estimate of drug-likeness (QED) is 0.299. The van der Waals surface area contributed by atoms with E-state index in [1.165, 1.54) is 11.1 Å². The molecule has 164 valence electrons. The van der Waals surface area contributed by atoms with Crippen LogP contribution in [0.4, 0.5) is 0 Å². The summed E-state index contributed by atoms with van der Waals surface area (Å²) >= 11 is 14.8. The van der Waals surface area contributed by atoms with E-state index in [-0.39, 0.29) is 0 Å². The van der Waals surface area contributed by atoms with Gasteiger partial charge >= 0.3 is 0 Å². The summed E-state index contributed by atoms with van der Waals surface area (Å²) in [5, 5.41) is 0. The van der Waals surface area contributed by atoms with Gasteiger partial charge in [0.25, 0.3) is 0 Å². The van der Waals surface area contributed by atoms with Crippen LogP contribution in [0.3, 0.4) is 0 Å². The number of para-hydroxylation sites is 2. The number of ether oxygens (including phenoxy) is 2. The molecule has 2 aliphatic heterocycles. The SMILES string of the molecule is S=C1SCc2ccc(cc2)CSC(=S)c2ccccc2OCCCCOc2ccccc21. The minimum absolute atomic E-state index is 0.630. The summed E-state index contributed by atoms with van der Waals surface area (Å²) in [7, 11) is 0. The van der Waals surface area contributed by atoms with Gasteiger partial charge in [0.2, 0.25) is 0 Å². The van der Waals surface area contributed by atoms with Crippen LogP contribution in [0.5, 0.6) is 11.5 Å². The van der Waals surface area contributed by atoms with Gasteiger partial charge in [0, 0.05) is 22.6 Å². The Hall–Kier alpha value is -1.86. The fourth-order valence-corrected chi connectivity index (χ4v) is 5.60. The molecule has 2 bridgehead atoms. The highest BCUT2D eigenvalue weighted by Gasteiger charge is 2.12. The summed E-state index contributed by atoms with van der Waals surface area (Å²) in [4.78, 5) is 0. The van der Waals surface area contributed by atoms with Gasteiger partial charge in [0.05, 0.1) is 21.6 Å². The average Bonchev–Trinajstić information content (AvgIpc) is 2.83. The first-order valence-corrected chi connectivity index (χ1v) is 13.4. The van der Waals surface area contributed by atoms with Crippen LogP contribution < -0.4 is 9.47 Å². The minimum Gasteiger partial charge on any atom is -0.493 e. The molecule has 0 aromatic heterocycles. The van der Waals surface area contributed by atoms with Gasteiger partial charge in [-0.15, -0.1) is 23.5 Å². The largest absolute Gasteiger partial charge is 0.493 e.